The van der Waals surface area contributed by atoms with Gasteiger partial charge in [-0.15, -0.1) is 0 Å². The second kappa shape index (κ2) is 5.78. The molecule has 0 N–H and O–H groups in total. The lowest BCUT2D eigenvalue weighted by Crippen LogP contribution is -2.18. The fourth-order valence-corrected chi connectivity index (χ4v) is 2.90. The average Bonchev–Trinajstić information content (AvgIpc) is 2.97. The van der Waals surface area contributed by atoms with Gasteiger partial charge in [-0.2, -0.15) is 10.4 Å². The molecule has 1 aliphatic heterocycles. The summed E-state index contributed by atoms with van der Waals surface area (Å²) in [5.74, 6) is 0. The molecular formula is C15H14BrN3O. The molecule has 1 saturated heterocycles. The van der Waals surface area contributed by atoms with E-state index >= 15 is 0 Å². The largest absolute Gasteiger partial charge is 0.357 e. The molecule has 0 bridgehead atoms. The molecular weight excluding hydrogens is 318 g/mol. The zero-order valence-electron chi connectivity index (χ0n) is 10.9. The molecule has 2 heterocycles. The van der Waals surface area contributed by atoms with Gasteiger partial charge in [0.15, 0.2) is 0 Å². The van der Waals surface area contributed by atoms with Gasteiger partial charge in [0.1, 0.15) is 12.3 Å². The first-order chi connectivity index (χ1) is 9.79. The van der Waals surface area contributed by atoms with E-state index in [1.54, 1.807) is 6.20 Å². The van der Waals surface area contributed by atoms with Crippen molar-refractivity contribution in [2.45, 2.75) is 25.5 Å². The molecule has 1 atom stereocenters. The van der Waals surface area contributed by atoms with E-state index in [-0.39, 0.29) is 6.23 Å². The maximum absolute atomic E-state index is 9.28. The lowest BCUT2D eigenvalue weighted by atomic mass is 10.0. The number of hydrogen-bond acceptors (Lipinski definition) is 3. The third-order valence-electron chi connectivity index (χ3n) is 3.49. The van der Waals surface area contributed by atoms with Crippen LogP contribution in [0.25, 0.3) is 11.1 Å². The summed E-state index contributed by atoms with van der Waals surface area (Å²) in [6, 6.07) is 7.97. The molecule has 1 fully saturated rings. The van der Waals surface area contributed by atoms with Crippen LogP contribution in [0.4, 0.5) is 0 Å². The fraction of sp³-hybridized carbons (Fsp3) is 0.333. The zero-order chi connectivity index (χ0) is 13.9. The van der Waals surface area contributed by atoms with Crippen molar-refractivity contribution < 1.29 is 4.74 Å². The first kappa shape index (κ1) is 13.3. The van der Waals surface area contributed by atoms with Crippen LogP contribution in [0.5, 0.6) is 0 Å². The maximum atomic E-state index is 9.28. The summed E-state index contributed by atoms with van der Waals surface area (Å²) in [5, 5.41) is 13.7. The highest BCUT2D eigenvalue weighted by molar-refractivity contribution is 9.10. The summed E-state index contributed by atoms with van der Waals surface area (Å²) in [5.41, 5.74) is 2.47. The normalized spacial score (nSPS) is 18.7. The Morgan fingerprint density at radius 1 is 1.40 bits per heavy atom. The van der Waals surface area contributed by atoms with E-state index in [1.807, 2.05) is 29.1 Å². The molecule has 0 radical (unpaired) electrons. The Labute approximate surface area is 126 Å². The van der Waals surface area contributed by atoms with Gasteiger partial charge < -0.3 is 4.74 Å². The molecule has 5 heteroatoms. The smallest absolute Gasteiger partial charge is 0.150 e. The highest BCUT2D eigenvalue weighted by Crippen LogP contribution is 2.30. The Bertz CT molecular complexity index is 653. The van der Waals surface area contributed by atoms with Crippen molar-refractivity contribution in [1.82, 2.24) is 9.78 Å². The van der Waals surface area contributed by atoms with Crippen molar-refractivity contribution in [1.29, 1.82) is 5.26 Å². The van der Waals surface area contributed by atoms with E-state index in [4.69, 9.17) is 4.74 Å². The minimum absolute atomic E-state index is 0.0233. The summed E-state index contributed by atoms with van der Waals surface area (Å²) in [6.45, 7) is 0.792. The van der Waals surface area contributed by atoms with E-state index in [0.717, 1.165) is 35.0 Å². The van der Waals surface area contributed by atoms with Crippen LogP contribution < -0.4 is 0 Å². The molecule has 4 nitrogen and oxygen atoms in total. The Kier molecular flexibility index (Phi) is 3.86. The highest BCUT2D eigenvalue weighted by Gasteiger charge is 2.17. The first-order valence-corrected chi connectivity index (χ1v) is 7.43. The number of benzene rings is 1. The molecule has 0 aliphatic carbocycles. The number of halogens is 1. The number of hydrogen-bond donors (Lipinski definition) is 0. The van der Waals surface area contributed by atoms with Crippen molar-refractivity contribution in [3.63, 3.8) is 0 Å². The minimum atomic E-state index is 0.0233. The van der Waals surface area contributed by atoms with E-state index in [2.05, 4.69) is 27.1 Å². The van der Waals surface area contributed by atoms with Gasteiger partial charge in [0.05, 0.1) is 11.8 Å². The topological polar surface area (TPSA) is 50.8 Å². The standard InChI is InChI=1S/C15H14BrN3O/c16-14-5-3-4-12(13(14)8-17)11-9-18-19(10-11)15-6-1-2-7-20-15/h3-5,9-10,15H,1-2,6-7H2. The molecule has 1 unspecified atom stereocenters. The monoisotopic (exact) mass is 331 g/mol. The van der Waals surface area contributed by atoms with Gasteiger partial charge in [0.2, 0.25) is 0 Å². The second-order valence-corrected chi connectivity index (χ2v) is 5.66. The average molecular weight is 332 g/mol. The molecule has 3 rings (SSSR count). The Morgan fingerprint density at radius 3 is 3.05 bits per heavy atom. The van der Waals surface area contributed by atoms with Crippen LogP contribution in [-0.2, 0) is 4.74 Å². The summed E-state index contributed by atoms with van der Waals surface area (Å²) >= 11 is 3.41. The molecule has 0 amide bonds. The van der Waals surface area contributed by atoms with Crippen molar-refractivity contribution in [3.05, 3.63) is 40.6 Å². The van der Waals surface area contributed by atoms with E-state index in [1.165, 1.54) is 6.42 Å². The van der Waals surface area contributed by atoms with Crippen LogP contribution in [-0.4, -0.2) is 16.4 Å². The number of ether oxygens (including phenoxy) is 1. The van der Waals surface area contributed by atoms with Gasteiger partial charge in [-0.05, 0) is 41.3 Å². The number of aromatic nitrogens is 2. The van der Waals surface area contributed by atoms with E-state index in [9.17, 15) is 5.26 Å². The van der Waals surface area contributed by atoms with Gasteiger partial charge in [-0.1, -0.05) is 12.1 Å². The summed E-state index contributed by atoms with van der Waals surface area (Å²) in [4.78, 5) is 0. The second-order valence-electron chi connectivity index (χ2n) is 4.80. The van der Waals surface area contributed by atoms with Crippen LogP contribution >= 0.6 is 15.9 Å². The van der Waals surface area contributed by atoms with Crippen LogP contribution in [0.3, 0.4) is 0 Å². The van der Waals surface area contributed by atoms with Gasteiger partial charge in [0, 0.05) is 28.4 Å². The van der Waals surface area contributed by atoms with Gasteiger partial charge in [-0.25, -0.2) is 4.68 Å². The third-order valence-corrected chi connectivity index (χ3v) is 4.15. The van der Waals surface area contributed by atoms with Gasteiger partial charge in [-0.3, -0.25) is 0 Å². The van der Waals surface area contributed by atoms with Gasteiger partial charge in [0.25, 0.3) is 0 Å². The highest BCUT2D eigenvalue weighted by atomic mass is 79.9. The van der Waals surface area contributed by atoms with E-state index < -0.39 is 0 Å². The molecule has 102 valence electrons. The minimum Gasteiger partial charge on any atom is -0.357 e. The zero-order valence-corrected chi connectivity index (χ0v) is 12.5. The number of nitriles is 1. The molecule has 0 spiro atoms. The Morgan fingerprint density at radius 2 is 2.30 bits per heavy atom. The predicted molar refractivity (Wildman–Crippen MR) is 78.9 cm³/mol. The van der Waals surface area contributed by atoms with Gasteiger partial charge >= 0.3 is 0 Å². The number of nitrogens with zero attached hydrogens (tertiary/aromatic N) is 3. The predicted octanol–water partition coefficient (Wildman–Crippen LogP) is 3.88. The summed E-state index contributed by atoms with van der Waals surface area (Å²) < 4.78 is 8.38. The van der Waals surface area contributed by atoms with Crippen LogP contribution in [0, 0.1) is 11.3 Å². The molecule has 20 heavy (non-hydrogen) atoms. The third kappa shape index (κ3) is 2.49. The van der Waals surface area contributed by atoms with Crippen LogP contribution in [0.15, 0.2) is 35.1 Å². The molecule has 0 saturated carbocycles. The van der Waals surface area contributed by atoms with Crippen molar-refractivity contribution in [3.8, 4) is 17.2 Å². The van der Waals surface area contributed by atoms with Crippen LogP contribution in [0.1, 0.15) is 31.1 Å². The molecule has 1 aliphatic rings. The van der Waals surface area contributed by atoms with Crippen LogP contribution in [0.2, 0.25) is 0 Å². The lowest BCUT2D eigenvalue weighted by Gasteiger charge is -2.22. The first-order valence-electron chi connectivity index (χ1n) is 6.64. The molecule has 1 aromatic carbocycles. The molecule has 1 aromatic heterocycles. The SMILES string of the molecule is N#Cc1c(Br)cccc1-c1cnn(C2CCCCO2)c1. The van der Waals surface area contributed by atoms with E-state index in [0.29, 0.717) is 5.56 Å². The van der Waals surface area contributed by atoms with Crippen molar-refractivity contribution >= 4 is 15.9 Å². The number of rotatable bonds is 2. The van der Waals surface area contributed by atoms with Crippen molar-refractivity contribution in [2.75, 3.05) is 6.61 Å². The maximum Gasteiger partial charge on any atom is 0.150 e. The molecule has 2 aromatic rings. The Hall–Kier alpha value is -1.64. The lowest BCUT2D eigenvalue weighted by molar-refractivity contribution is -0.0394. The van der Waals surface area contributed by atoms with Crippen molar-refractivity contribution in [2.24, 2.45) is 0 Å². The Balaban J connectivity index is 1.94. The summed E-state index contributed by atoms with van der Waals surface area (Å²) in [7, 11) is 0. The summed E-state index contributed by atoms with van der Waals surface area (Å²) in [6.07, 6.45) is 7.05. The fourth-order valence-electron chi connectivity index (χ4n) is 2.45. The quantitative estimate of drug-likeness (QED) is 0.838.